The Balaban J connectivity index is 2.22. The Morgan fingerprint density at radius 3 is 2.57 bits per heavy atom. The second kappa shape index (κ2) is 5.31. The van der Waals surface area contributed by atoms with Crippen molar-refractivity contribution >= 4 is 11.0 Å². The van der Waals surface area contributed by atoms with Gasteiger partial charge in [0.15, 0.2) is 0 Å². The van der Waals surface area contributed by atoms with E-state index in [0.717, 1.165) is 22.2 Å². The molecule has 4 nitrogen and oxygen atoms in total. The molecule has 0 radical (unpaired) electrons. The quantitative estimate of drug-likeness (QED) is 0.771. The van der Waals surface area contributed by atoms with Crippen LogP contribution in [0.4, 0.5) is 0 Å². The SMILES string of the molecule is CN(C)CC(N)(c1ccccc1)c1cccc2[nH]cnc12. The third-order valence-corrected chi connectivity index (χ3v) is 3.78. The average Bonchev–Trinajstić information content (AvgIpc) is 2.95. The van der Waals surface area contributed by atoms with Crippen LogP contribution in [0.15, 0.2) is 54.9 Å². The van der Waals surface area contributed by atoms with Crippen LogP contribution in [0.5, 0.6) is 0 Å². The molecule has 0 fully saturated rings. The Bertz CT molecular complexity index is 733. The third-order valence-electron chi connectivity index (χ3n) is 3.78. The number of fused-ring (bicyclic) bond motifs is 1. The molecular formula is C17H20N4. The van der Waals surface area contributed by atoms with Gasteiger partial charge >= 0.3 is 0 Å². The van der Waals surface area contributed by atoms with E-state index in [0.29, 0.717) is 6.54 Å². The molecule has 0 amide bonds. The molecule has 3 rings (SSSR count). The second-order valence-corrected chi connectivity index (χ2v) is 5.68. The summed E-state index contributed by atoms with van der Waals surface area (Å²) in [7, 11) is 4.07. The molecule has 0 saturated carbocycles. The van der Waals surface area contributed by atoms with Gasteiger partial charge in [-0.2, -0.15) is 0 Å². The largest absolute Gasteiger partial charge is 0.345 e. The third kappa shape index (κ3) is 2.44. The maximum Gasteiger partial charge on any atom is 0.0937 e. The number of H-pyrrole nitrogens is 1. The molecule has 21 heavy (non-hydrogen) atoms. The molecule has 1 heterocycles. The summed E-state index contributed by atoms with van der Waals surface area (Å²) in [6, 6.07) is 16.3. The Labute approximate surface area is 124 Å². The molecule has 1 atom stereocenters. The second-order valence-electron chi connectivity index (χ2n) is 5.68. The van der Waals surface area contributed by atoms with Gasteiger partial charge in [-0.3, -0.25) is 0 Å². The van der Waals surface area contributed by atoms with Crippen LogP contribution >= 0.6 is 0 Å². The van der Waals surface area contributed by atoms with E-state index >= 15 is 0 Å². The zero-order valence-electron chi connectivity index (χ0n) is 12.4. The molecule has 4 heteroatoms. The molecule has 0 bridgehead atoms. The predicted octanol–water partition coefficient (Wildman–Crippen LogP) is 2.33. The fourth-order valence-corrected chi connectivity index (χ4v) is 2.89. The molecule has 3 N–H and O–H groups in total. The Morgan fingerprint density at radius 1 is 1.10 bits per heavy atom. The topological polar surface area (TPSA) is 57.9 Å². The lowest BCUT2D eigenvalue weighted by Gasteiger charge is -2.33. The summed E-state index contributed by atoms with van der Waals surface area (Å²) in [6.45, 7) is 0.711. The van der Waals surface area contributed by atoms with Crippen molar-refractivity contribution in [3.8, 4) is 0 Å². The summed E-state index contributed by atoms with van der Waals surface area (Å²) < 4.78 is 0. The van der Waals surface area contributed by atoms with E-state index in [4.69, 9.17) is 5.73 Å². The fourth-order valence-electron chi connectivity index (χ4n) is 2.89. The highest BCUT2D eigenvalue weighted by atomic mass is 15.1. The van der Waals surface area contributed by atoms with Crippen molar-refractivity contribution in [2.24, 2.45) is 5.73 Å². The van der Waals surface area contributed by atoms with Crippen LogP contribution in [-0.2, 0) is 5.54 Å². The number of nitrogens with zero attached hydrogens (tertiary/aromatic N) is 2. The van der Waals surface area contributed by atoms with Gasteiger partial charge < -0.3 is 15.6 Å². The number of imidazole rings is 1. The highest BCUT2D eigenvalue weighted by Crippen LogP contribution is 2.31. The standard InChI is InChI=1S/C17H20N4/c1-21(2)11-17(18,13-7-4-3-5-8-13)14-9-6-10-15-16(14)20-12-19-15/h3-10,12H,11,18H2,1-2H3,(H,19,20). The lowest BCUT2D eigenvalue weighted by atomic mass is 9.82. The molecule has 0 aliphatic rings. The minimum Gasteiger partial charge on any atom is -0.345 e. The van der Waals surface area contributed by atoms with Gasteiger partial charge in [0, 0.05) is 12.1 Å². The molecule has 1 unspecified atom stereocenters. The molecular weight excluding hydrogens is 260 g/mol. The summed E-state index contributed by atoms with van der Waals surface area (Å²) in [5.41, 5.74) is 10.4. The molecule has 0 aliphatic carbocycles. The number of hydrogen-bond acceptors (Lipinski definition) is 3. The number of para-hydroxylation sites is 1. The van der Waals surface area contributed by atoms with Gasteiger partial charge in [-0.05, 0) is 25.7 Å². The molecule has 1 aromatic heterocycles. The maximum atomic E-state index is 6.87. The highest BCUT2D eigenvalue weighted by Gasteiger charge is 2.32. The Kier molecular flexibility index (Phi) is 3.49. The van der Waals surface area contributed by atoms with E-state index in [1.54, 1.807) is 6.33 Å². The van der Waals surface area contributed by atoms with Crippen LogP contribution < -0.4 is 5.73 Å². The van der Waals surface area contributed by atoms with Gasteiger partial charge in [-0.25, -0.2) is 4.98 Å². The number of nitrogens with one attached hydrogen (secondary N) is 1. The number of likely N-dealkylation sites (N-methyl/N-ethyl adjacent to an activating group) is 1. The van der Waals surface area contributed by atoms with Gasteiger partial charge in [-0.15, -0.1) is 0 Å². The van der Waals surface area contributed by atoms with Crippen LogP contribution in [0.3, 0.4) is 0 Å². The zero-order valence-corrected chi connectivity index (χ0v) is 12.4. The first-order valence-corrected chi connectivity index (χ1v) is 7.03. The number of aromatic nitrogens is 2. The van der Waals surface area contributed by atoms with Crippen LogP contribution in [0, 0.1) is 0 Å². The predicted molar refractivity (Wildman–Crippen MR) is 86.1 cm³/mol. The van der Waals surface area contributed by atoms with E-state index in [1.807, 2.05) is 44.4 Å². The van der Waals surface area contributed by atoms with Crippen LogP contribution in [0.2, 0.25) is 0 Å². The number of aromatic amines is 1. The van der Waals surface area contributed by atoms with Gasteiger partial charge in [0.2, 0.25) is 0 Å². The monoisotopic (exact) mass is 280 g/mol. The number of hydrogen-bond donors (Lipinski definition) is 2. The summed E-state index contributed by atoms with van der Waals surface area (Å²) in [5, 5.41) is 0. The lowest BCUT2D eigenvalue weighted by molar-refractivity contribution is 0.322. The van der Waals surface area contributed by atoms with E-state index < -0.39 is 5.54 Å². The molecule has 0 spiro atoms. The Morgan fingerprint density at radius 2 is 1.86 bits per heavy atom. The van der Waals surface area contributed by atoms with Gasteiger partial charge in [0.1, 0.15) is 0 Å². The zero-order chi connectivity index (χ0) is 14.9. The van der Waals surface area contributed by atoms with E-state index in [2.05, 4.69) is 33.1 Å². The smallest absolute Gasteiger partial charge is 0.0937 e. The lowest BCUT2D eigenvalue weighted by Crippen LogP contribution is -2.46. The first-order valence-electron chi connectivity index (χ1n) is 7.03. The van der Waals surface area contributed by atoms with Crippen molar-refractivity contribution in [1.29, 1.82) is 0 Å². The summed E-state index contributed by atoms with van der Waals surface area (Å²) in [4.78, 5) is 9.73. The number of benzene rings is 2. The number of nitrogens with two attached hydrogens (primary N) is 1. The minimum atomic E-state index is -0.598. The summed E-state index contributed by atoms with van der Waals surface area (Å²) in [5.74, 6) is 0. The normalized spacial score (nSPS) is 14.5. The van der Waals surface area contributed by atoms with Gasteiger partial charge in [0.25, 0.3) is 0 Å². The van der Waals surface area contributed by atoms with Crippen molar-refractivity contribution in [3.63, 3.8) is 0 Å². The van der Waals surface area contributed by atoms with Gasteiger partial charge in [-0.1, -0.05) is 42.5 Å². The first-order chi connectivity index (χ1) is 10.1. The van der Waals surface area contributed by atoms with Crippen molar-refractivity contribution in [2.45, 2.75) is 5.54 Å². The van der Waals surface area contributed by atoms with Crippen LogP contribution in [0.1, 0.15) is 11.1 Å². The van der Waals surface area contributed by atoms with Crippen LogP contribution in [0.25, 0.3) is 11.0 Å². The molecule has 2 aromatic carbocycles. The summed E-state index contributed by atoms with van der Waals surface area (Å²) >= 11 is 0. The molecule has 3 aromatic rings. The Hall–Kier alpha value is -2.17. The minimum absolute atomic E-state index is 0.598. The number of rotatable bonds is 4. The van der Waals surface area contributed by atoms with Crippen molar-refractivity contribution in [2.75, 3.05) is 20.6 Å². The van der Waals surface area contributed by atoms with E-state index in [9.17, 15) is 0 Å². The molecule has 108 valence electrons. The van der Waals surface area contributed by atoms with Crippen LogP contribution in [-0.4, -0.2) is 35.5 Å². The van der Waals surface area contributed by atoms with Crippen molar-refractivity contribution in [3.05, 3.63) is 66.0 Å². The molecule has 0 saturated heterocycles. The van der Waals surface area contributed by atoms with Crippen molar-refractivity contribution in [1.82, 2.24) is 14.9 Å². The summed E-state index contributed by atoms with van der Waals surface area (Å²) in [6.07, 6.45) is 1.72. The average molecular weight is 280 g/mol. The fraction of sp³-hybridized carbons (Fsp3) is 0.235. The van der Waals surface area contributed by atoms with E-state index in [1.165, 1.54) is 0 Å². The maximum absolute atomic E-state index is 6.87. The van der Waals surface area contributed by atoms with E-state index in [-0.39, 0.29) is 0 Å². The van der Waals surface area contributed by atoms with Gasteiger partial charge in [0.05, 0.1) is 22.9 Å². The highest BCUT2D eigenvalue weighted by molar-refractivity contribution is 5.80. The van der Waals surface area contributed by atoms with Crippen molar-refractivity contribution < 1.29 is 0 Å². The molecule has 0 aliphatic heterocycles. The first kappa shape index (κ1) is 13.8.